The molecule has 1 atom stereocenters. The van der Waals surface area contributed by atoms with Gasteiger partial charge in [-0.3, -0.25) is 4.90 Å². The molecule has 3 fully saturated rings. The van der Waals surface area contributed by atoms with Crippen LogP contribution in [0.4, 0.5) is 0 Å². The molecule has 3 heterocycles. The van der Waals surface area contributed by atoms with Crippen molar-refractivity contribution in [3.05, 3.63) is 24.4 Å². The van der Waals surface area contributed by atoms with Crippen LogP contribution in [0.1, 0.15) is 38.5 Å². The summed E-state index contributed by atoms with van der Waals surface area (Å²) >= 11 is 0. The second kappa shape index (κ2) is 5.58. The molecule has 0 radical (unpaired) electrons. The topological polar surface area (TPSA) is 34.6 Å². The van der Waals surface area contributed by atoms with Gasteiger partial charge >= 0.3 is 0 Å². The SMILES string of the molecule is c1ccc(O[C@H]2CCOC3(C2)CN(C2CCCC2)C3)nc1. The third kappa shape index (κ3) is 2.79. The highest BCUT2D eigenvalue weighted by Crippen LogP contribution is 2.39. The molecule has 4 nitrogen and oxygen atoms in total. The van der Waals surface area contributed by atoms with Gasteiger partial charge in [0.15, 0.2) is 0 Å². The zero-order chi connectivity index (χ0) is 14.1. The highest BCUT2D eigenvalue weighted by Gasteiger charge is 2.50. The molecular weight excluding hydrogens is 264 g/mol. The normalized spacial score (nSPS) is 29.4. The maximum Gasteiger partial charge on any atom is 0.213 e. The highest BCUT2D eigenvalue weighted by molar-refractivity contribution is 5.11. The Morgan fingerprint density at radius 2 is 2.05 bits per heavy atom. The maximum atomic E-state index is 6.12. The summed E-state index contributed by atoms with van der Waals surface area (Å²) in [7, 11) is 0. The summed E-state index contributed by atoms with van der Waals surface area (Å²) in [6.45, 7) is 3.01. The van der Waals surface area contributed by atoms with Crippen molar-refractivity contribution in [1.82, 2.24) is 9.88 Å². The van der Waals surface area contributed by atoms with Gasteiger partial charge in [0.2, 0.25) is 5.88 Å². The largest absolute Gasteiger partial charge is 0.474 e. The lowest BCUT2D eigenvalue weighted by atomic mass is 9.83. The van der Waals surface area contributed by atoms with E-state index in [9.17, 15) is 0 Å². The van der Waals surface area contributed by atoms with Crippen LogP contribution in [0.15, 0.2) is 24.4 Å². The van der Waals surface area contributed by atoms with Gasteiger partial charge in [-0.1, -0.05) is 18.9 Å². The first-order valence-corrected chi connectivity index (χ1v) is 8.29. The summed E-state index contributed by atoms with van der Waals surface area (Å²) in [4.78, 5) is 6.89. The number of hydrogen-bond acceptors (Lipinski definition) is 4. The number of nitrogens with zero attached hydrogens (tertiary/aromatic N) is 2. The molecule has 2 aliphatic heterocycles. The van der Waals surface area contributed by atoms with Crippen LogP contribution in [0, 0.1) is 0 Å². The lowest BCUT2D eigenvalue weighted by Crippen LogP contribution is -2.68. The zero-order valence-electron chi connectivity index (χ0n) is 12.5. The summed E-state index contributed by atoms with van der Waals surface area (Å²) in [6.07, 6.45) is 9.58. The summed E-state index contributed by atoms with van der Waals surface area (Å²) in [6, 6.07) is 6.65. The Labute approximate surface area is 126 Å². The molecule has 1 spiro atoms. The molecular formula is C17H24N2O2. The molecule has 0 bridgehead atoms. The number of rotatable bonds is 3. The van der Waals surface area contributed by atoms with Crippen LogP contribution in [0.5, 0.6) is 5.88 Å². The molecule has 0 amide bonds. The molecule has 4 rings (SSSR count). The Bertz CT molecular complexity index is 467. The van der Waals surface area contributed by atoms with Crippen molar-refractivity contribution < 1.29 is 9.47 Å². The molecule has 1 saturated carbocycles. The Morgan fingerprint density at radius 1 is 1.19 bits per heavy atom. The van der Waals surface area contributed by atoms with Gasteiger partial charge in [0, 0.05) is 44.2 Å². The Hall–Kier alpha value is -1.13. The number of aromatic nitrogens is 1. The summed E-state index contributed by atoms with van der Waals surface area (Å²) in [5.41, 5.74) is 0.0558. The molecule has 3 aliphatic rings. The molecule has 21 heavy (non-hydrogen) atoms. The van der Waals surface area contributed by atoms with Crippen molar-refractivity contribution in [3.63, 3.8) is 0 Å². The molecule has 1 aromatic heterocycles. The molecule has 114 valence electrons. The van der Waals surface area contributed by atoms with E-state index in [4.69, 9.17) is 9.47 Å². The van der Waals surface area contributed by atoms with E-state index in [0.29, 0.717) is 0 Å². The van der Waals surface area contributed by atoms with Gasteiger partial charge in [0.1, 0.15) is 6.10 Å². The predicted octanol–water partition coefficient (Wildman–Crippen LogP) is 2.64. The van der Waals surface area contributed by atoms with Crippen LogP contribution >= 0.6 is 0 Å². The van der Waals surface area contributed by atoms with Gasteiger partial charge in [0.25, 0.3) is 0 Å². The van der Waals surface area contributed by atoms with Gasteiger partial charge < -0.3 is 9.47 Å². The minimum absolute atomic E-state index is 0.0558. The fourth-order valence-corrected chi connectivity index (χ4v) is 4.11. The maximum absolute atomic E-state index is 6.12. The number of hydrogen-bond donors (Lipinski definition) is 0. The van der Waals surface area contributed by atoms with E-state index in [1.54, 1.807) is 6.20 Å². The van der Waals surface area contributed by atoms with Gasteiger partial charge in [0.05, 0.1) is 12.2 Å². The quantitative estimate of drug-likeness (QED) is 0.856. The standard InChI is InChI=1S/C17H24N2O2/c1-2-6-14(5-1)19-12-17(13-19)11-15(8-10-20-17)21-16-7-3-4-9-18-16/h3-4,7,9,14-15H,1-2,5-6,8,10-13H2/t15-/m0/s1. The summed E-state index contributed by atoms with van der Waals surface area (Å²) < 4.78 is 12.2. The smallest absolute Gasteiger partial charge is 0.213 e. The van der Waals surface area contributed by atoms with Crippen molar-refractivity contribution >= 4 is 0 Å². The first kappa shape index (κ1) is 13.5. The van der Waals surface area contributed by atoms with Gasteiger partial charge in [-0.25, -0.2) is 4.98 Å². The van der Waals surface area contributed by atoms with Gasteiger partial charge in [-0.2, -0.15) is 0 Å². The van der Waals surface area contributed by atoms with Crippen LogP contribution in [0.3, 0.4) is 0 Å². The van der Waals surface area contributed by atoms with E-state index in [-0.39, 0.29) is 11.7 Å². The molecule has 1 aromatic rings. The van der Waals surface area contributed by atoms with Gasteiger partial charge in [-0.05, 0) is 18.9 Å². The molecule has 0 unspecified atom stereocenters. The Kier molecular flexibility index (Phi) is 3.59. The minimum atomic E-state index is 0.0558. The van der Waals surface area contributed by atoms with Crippen LogP contribution in [0.2, 0.25) is 0 Å². The van der Waals surface area contributed by atoms with Crippen molar-refractivity contribution in [3.8, 4) is 5.88 Å². The average Bonchev–Trinajstić information content (AvgIpc) is 3.00. The monoisotopic (exact) mass is 288 g/mol. The van der Waals surface area contributed by atoms with E-state index in [0.717, 1.165) is 44.5 Å². The van der Waals surface area contributed by atoms with Crippen LogP contribution in [-0.2, 0) is 4.74 Å². The van der Waals surface area contributed by atoms with E-state index in [2.05, 4.69) is 9.88 Å². The summed E-state index contributed by atoms with van der Waals surface area (Å²) in [5, 5.41) is 0. The molecule has 4 heteroatoms. The van der Waals surface area contributed by atoms with Crippen molar-refractivity contribution in [2.24, 2.45) is 0 Å². The number of ether oxygens (including phenoxy) is 2. The average molecular weight is 288 g/mol. The number of pyridine rings is 1. The first-order chi connectivity index (χ1) is 10.3. The Balaban J connectivity index is 1.33. The first-order valence-electron chi connectivity index (χ1n) is 8.29. The van der Waals surface area contributed by atoms with E-state index in [1.165, 1.54) is 25.7 Å². The van der Waals surface area contributed by atoms with Gasteiger partial charge in [-0.15, -0.1) is 0 Å². The second-order valence-electron chi connectivity index (χ2n) is 6.78. The zero-order valence-corrected chi connectivity index (χ0v) is 12.5. The lowest BCUT2D eigenvalue weighted by molar-refractivity contribution is -0.194. The van der Waals surface area contributed by atoms with Crippen molar-refractivity contribution in [1.29, 1.82) is 0 Å². The molecule has 0 aromatic carbocycles. The van der Waals surface area contributed by atoms with E-state index >= 15 is 0 Å². The molecule has 2 saturated heterocycles. The third-order valence-electron chi connectivity index (χ3n) is 5.20. The van der Waals surface area contributed by atoms with Crippen molar-refractivity contribution in [2.75, 3.05) is 19.7 Å². The molecule has 0 N–H and O–H groups in total. The highest BCUT2D eigenvalue weighted by atomic mass is 16.5. The second-order valence-corrected chi connectivity index (χ2v) is 6.78. The summed E-state index contributed by atoms with van der Waals surface area (Å²) in [5.74, 6) is 0.742. The van der Waals surface area contributed by atoms with Crippen LogP contribution in [-0.4, -0.2) is 47.3 Å². The van der Waals surface area contributed by atoms with E-state index in [1.807, 2.05) is 18.2 Å². The fraction of sp³-hybridized carbons (Fsp3) is 0.706. The molecule has 1 aliphatic carbocycles. The third-order valence-corrected chi connectivity index (χ3v) is 5.20. The lowest BCUT2D eigenvalue weighted by Gasteiger charge is -2.55. The fourth-order valence-electron chi connectivity index (χ4n) is 4.11. The van der Waals surface area contributed by atoms with Crippen LogP contribution < -0.4 is 4.74 Å². The predicted molar refractivity (Wildman–Crippen MR) is 80.4 cm³/mol. The van der Waals surface area contributed by atoms with Crippen LogP contribution in [0.25, 0.3) is 0 Å². The number of likely N-dealkylation sites (tertiary alicyclic amines) is 1. The Morgan fingerprint density at radius 3 is 2.81 bits per heavy atom. The minimum Gasteiger partial charge on any atom is -0.474 e. The van der Waals surface area contributed by atoms with E-state index < -0.39 is 0 Å². The van der Waals surface area contributed by atoms with Crippen molar-refractivity contribution in [2.45, 2.75) is 56.3 Å².